The third-order valence-electron chi connectivity index (χ3n) is 3.82. The van der Waals surface area contributed by atoms with E-state index in [1.165, 1.54) is 26.4 Å². The molecule has 0 radical (unpaired) electrons. The fourth-order valence-corrected chi connectivity index (χ4v) is 2.92. The highest BCUT2D eigenvalue weighted by atomic mass is 32.1. The van der Waals surface area contributed by atoms with Crippen molar-refractivity contribution in [1.29, 1.82) is 0 Å². The van der Waals surface area contributed by atoms with Crippen molar-refractivity contribution < 1.29 is 27.8 Å². The van der Waals surface area contributed by atoms with Gasteiger partial charge in [-0.15, -0.1) is 0 Å². The highest BCUT2D eigenvalue weighted by molar-refractivity contribution is 7.80. The van der Waals surface area contributed by atoms with Crippen LogP contribution in [0.3, 0.4) is 0 Å². The molecule has 142 valence electrons. The molecule has 1 atom stereocenters. The SMILES string of the molecule is COC(=O)C1=C(C(C)C)NC(=S)N[C@H]1c1ccc(OC)c(OC(F)F)c1. The van der Waals surface area contributed by atoms with Crippen molar-refractivity contribution in [2.75, 3.05) is 14.2 Å². The van der Waals surface area contributed by atoms with Crippen LogP contribution in [0.2, 0.25) is 0 Å². The number of ether oxygens (including phenoxy) is 3. The Hall–Kier alpha value is -2.42. The summed E-state index contributed by atoms with van der Waals surface area (Å²) in [5, 5.41) is 6.27. The number of esters is 1. The number of carbonyl (C=O) groups excluding carboxylic acids is 1. The fourth-order valence-electron chi connectivity index (χ4n) is 2.69. The van der Waals surface area contributed by atoms with E-state index in [1.54, 1.807) is 6.07 Å². The Morgan fingerprint density at radius 3 is 2.46 bits per heavy atom. The van der Waals surface area contributed by atoms with E-state index in [0.29, 0.717) is 21.9 Å². The molecule has 0 unspecified atom stereocenters. The van der Waals surface area contributed by atoms with Crippen LogP contribution in [0.25, 0.3) is 0 Å². The number of rotatable bonds is 6. The van der Waals surface area contributed by atoms with E-state index in [9.17, 15) is 13.6 Å². The van der Waals surface area contributed by atoms with Crippen molar-refractivity contribution in [1.82, 2.24) is 10.6 Å². The maximum Gasteiger partial charge on any atom is 0.387 e. The normalized spacial score (nSPS) is 17.1. The maximum absolute atomic E-state index is 12.7. The number of halogens is 2. The Bertz CT molecular complexity index is 737. The Balaban J connectivity index is 2.58. The van der Waals surface area contributed by atoms with Gasteiger partial charge in [0.25, 0.3) is 0 Å². The van der Waals surface area contributed by atoms with Crippen molar-refractivity contribution in [3.05, 3.63) is 35.0 Å². The molecule has 1 heterocycles. The molecule has 1 aliphatic rings. The third-order valence-corrected chi connectivity index (χ3v) is 4.04. The molecule has 1 aromatic carbocycles. The maximum atomic E-state index is 12.7. The summed E-state index contributed by atoms with van der Waals surface area (Å²) in [5.41, 5.74) is 1.44. The standard InChI is InChI=1S/C17H20F2N2O4S/c1-8(2)13-12(15(22)24-4)14(21-17(26)20-13)9-5-6-10(23-3)11(7-9)25-16(18)19/h5-8,14,16H,1-4H3,(H2,20,21,26)/t14-/m0/s1. The summed E-state index contributed by atoms with van der Waals surface area (Å²) in [6.45, 7) is 0.786. The monoisotopic (exact) mass is 386 g/mol. The number of nitrogens with one attached hydrogen (secondary N) is 2. The average Bonchev–Trinajstić information content (AvgIpc) is 2.59. The highest BCUT2D eigenvalue weighted by Crippen LogP contribution is 2.36. The average molecular weight is 386 g/mol. The lowest BCUT2D eigenvalue weighted by atomic mass is 9.91. The van der Waals surface area contributed by atoms with Crippen LogP contribution in [0.1, 0.15) is 25.5 Å². The second-order valence-electron chi connectivity index (χ2n) is 5.79. The van der Waals surface area contributed by atoms with Crippen molar-refractivity contribution >= 4 is 23.3 Å². The quantitative estimate of drug-likeness (QED) is 0.576. The Kier molecular flexibility index (Phi) is 6.36. The van der Waals surface area contributed by atoms with E-state index in [2.05, 4.69) is 15.4 Å². The zero-order chi connectivity index (χ0) is 19.4. The van der Waals surface area contributed by atoms with Gasteiger partial charge in [0.05, 0.1) is 25.8 Å². The Labute approximate surface area is 155 Å². The fraction of sp³-hybridized carbons (Fsp3) is 0.412. The van der Waals surface area contributed by atoms with Gasteiger partial charge in [-0.3, -0.25) is 0 Å². The first-order chi connectivity index (χ1) is 12.3. The van der Waals surface area contributed by atoms with Crippen LogP contribution >= 0.6 is 12.2 Å². The molecule has 0 aromatic heterocycles. The van der Waals surface area contributed by atoms with Crippen LogP contribution in [-0.2, 0) is 9.53 Å². The predicted molar refractivity (Wildman–Crippen MR) is 95.1 cm³/mol. The summed E-state index contributed by atoms with van der Waals surface area (Å²) < 4.78 is 39.9. The Morgan fingerprint density at radius 1 is 1.23 bits per heavy atom. The van der Waals surface area contributed by atoms with Crippen LogP contribution in [0.15, 0.2) is 29.5 Å². The number of methoxy groups -OCH3 is 2. The molecular formula is C17H20F2N2O4S. The highest BCUT2D eigenvalue weighted by Gasteiger charge is 2.33. The number of carbonyl (C=O) groups is 1. The summed E-state index contributed by atoms with van der Waals surface area (Å²) in [4.78, 5) is 12.4. The van der Waals surface area contributed by atoms with Gasteiger partial charge in [0.1, 0.15) is 0 Å². The van der Waals surface area contributed by atoms with Gasteiger partial charge in [0, 0.05) is 5.70 Å². The zero-order valence-electron chi connectivity index (χ0n) is 14.8. The van der Waals surface area contributed by atoms with E-state index < -0.39 is 18.6 Å². The second-order valence-corrected chi connectivity index (χ2v) is 6.20. The van der Waals surface area contributed by atoms with Crippen molar-refractivity contribution in [2.45, 2.75) is 26.5 Å². The minimum absolute atomic E-state index is 0.0401. The molecule has 2 rings (SSSR count). The minimum Gasteiger partial charge on any atom is -0.493 e. The van der Waals surface area contributed by atoms with E-state index in [1.807, 2.05) is 13.8 Å². The van der Waals surface area contributed by atoms with E-state index in [4.69, 9.17) is 21.7 Å². The predicted octanol–water partition coefficient (Wildman–Crippen LogP) is 2.90. The number of thiocarbonyl (C=S) groups is 1. The number of allylic oxidation sites excluding steroid dienone is 1. The van der Waals surface area contributed by atoms with Gasteiger partial charge in [-0.2, -0.15) is 8.78 Å². The largest absolute Gasteiger partial charge is 0.493 e. The van der Waals surface area contributed by atoms with Gasteiger partial charge in [0.15, 0.2) is 16.6 Å². The van der Waals surface area contributed by atoms with Gasteiger partial charge in [0.2, 0.25) is 0 Å². The number of hydrogen-bond acceptors (Lipinski definition) is 5. The van der Waals surface area contributed by atoms with E-state index in [-0.39, 0.29) is 17.4 Å². The molecule has 0 amide bonds. The van der Waals surface area contributed by atoms with Crippen LogP contribution in [0.4, 0.5) is 8.78 Å². The smallest absolute Gasteiger partial charge is 0.387 e. The number of hydrogen-bond donors (Lipinski definition) is 2. The van der Waals surface area contributed by atoms with Gasteiger partial charge in [-0.1, -0.05) is 19.9 Å². The third kappa shape index (κ3) is 4.21. The van der Waals surface area contributed by atoms with Gasteiger partial charge in [-0.25, -0.2) is 4.79 Å². The van der Waals surface area contributed by atoms with Crippen molar-refractivity contribution in [3.8, 4) is 11.5 Å². The number of alkyl halides is 2. The Morgan fingerprint density at radius 2 is 1.92 bits per heavy atom. The zero-order valence-corrected chi connectivity index (χ0v) is 15.6. The second kappa shape index (κ2) is 8.31. The summed E-state index contributed by atoms with van der Waals surface area (Å²) in [6, 6.07) is 3.84. The van der Waals surface area contributed by atoms with E-state index >= 15 is 0 Å². The molecule has 2 N–H and O–H groups in total. The summed E-state index contributed by atoms with van der Waals surface area (Å²) >= 11 is 5.22. The molecule has 0 saturated heterocycles. The molecule has 26 heavy (non-hydrogen) atoms. The molecule has 6 nitrogen and oxygen atoms in total. The summed E-state index contributed by atoms with van der Waals surface area (Å²) in [7, 11) is 2.62. The lowest BCUT2D eigenvalue weighted by molar-refractivity contribution is -0.136. The molecular weight excluding hydrogens is 366 g/mol. The van der Waals surface area contributed by atoms with Crippen LogP contribution < -0.4 is 20.1 Å². The minimum atomic E-state index is -3.01. The van der Waals surface area contributed by atoms with Gasteiger partial charge in [-0.05, 0) is 35.8 Å². The first kappa shape index (κ1) is 19.9. The summed E-state index contributed by atoms with van der Waals surface area (Å²) in [6.07, 6.45) is 0. The van der Waals surface area contributed by atoms with Gasteiger partial charge >= 0.3 is 12.6 Å². The van der Waals surface area contributed by atoms with Crippen molar-refractivity contribution in [3.63, 3.8) is 0 Å². The molecule has 0 bridgehead atoms. The topological polar surface area (TPSA) is 68.8 Å². The van der Waals surface area contributed by atoms with Crippen molar-refractivity contribution in [2.24, 2.45) is 5.92 Å². The molecule has 1 aliphatic heterocycles. The van der Waals surface area contributed by atoms with Gasteiger partial charge < -0.3 is 24.8 Å². The molecule has 1 aromatic rings. The number of benzene rings is 1. The summed E-state index contributed by atoms with van der Waals surface area (Å²) in [5.74, 6) is -0.574. The first-order valence-corrected chi connectivity index (χ1v) is 8.21. The molecule has 9 heteroatoms. The molecule has 0 saturated carbocycles. The van der Waals surface area contributed by atoms with E-state index in [0.717, 1.165) is 0 Å². The van der Waals surface area contributed by atoms with Crippen LogP contribution in [-0.4, -0.2) is 31.9 Å². The van der Waals surface area contributed by atoms with Crippen LogP contribution in [0, 0.1) is 5.92 Å². The lowest BCUT2D eigenvalue weighted by Gasteiger charge is -2.32. The molecule has 0 fully saturated rings. The lowest BCUT2D eigenvalue weighted by Crippen LogP contribution is -2.46. The molecule has 0 spiro atoms. The molecule has 0 aliphatic carbocycles. The van der Waals surface area contributed by atoms with Crippen LogP contribution in [0.5, 0.6) is 11.5 Å². The first-order valence-electron chi connectivity index (χ1n) is 7.81.